The molecule has 0 spiro atoms. The number of amides is 1. The van der Waals surface area contributed by atoms with Gasteiger partial charge in [0.2, 0.25) is 0 Å². The van der Waals surface area contributed by atoms with E-state index in [4.69, 9.17) is 21.1 Å². The number of anilines is 2. The number of pyridine rings is 1. The van der Waals surface area contributed by atoms with Crippen molar-refractivity contribution in [2.45, 2.75) is 0 Å². The molecular formula is C32H23ClN2O4. The van der Waals surface area contributed by atoms with Gasteiger partial charge in [0.1, 0.15) is 5.75 Å². The molecule has 0 aliphatic heterocycles. The number of carbonyl (C=O) groups excluding carboxylic acids is 2. The Morgan fingerprint density at radius 3 is 2.00 bits per heavy atom. The summed E-state index contributed by atoms with van der Waals surface area (Å²) in [6, 6.07) is 33.5. The van der Waals surface area contributed by atoms with E-state index in [1.807, 2.05) is 24.3 Å². The van der Waals surface area contributed by atoms with Crippen molar-refractivity contribution in [3.05, 3.63) is 138 Å². The Kier molecular flexibility index (Phi) is 7.66. The molecule has 0 saturated carbocycles. The van der Waals surface area contributed by atoms with Gasteiger partial charge in [-0.3, -0.25) is 14.7 Å². The second kappa shape index (κ2) is 11.6. The van der Waals surface area contributed by atoms with Gasteiger partial charge in [0, 0.05) is 21.8 Å². The molecule has 6 nitrogen and oxygen atoms in total. The highest BCUT2D eigenvalue weighted by Gasteiger charge is 2.26. The zero-order valence-electron chi connectivity index (χ0n) is 21.0. The minimum Gasteiger partial charge on any atom is -0.497 e. The van der Waals surface area contributed by atoms with Crippen LogP contribution < -0.4 is 14.4 Å². The summed E-state index contributed by atoms with van der Waals surface area (Å²) in [6.07, 6.45) is 1.45. The lowest BCUT2D eigenvalue weighted by Crippen LogP contribution is -2.27. The quantitative estimate of drug-likeness (QED) is 0.201. The first-order valence-electron chi connectivity index (χ1n) is 12.1. The number of esters is 1. The fraction of sp³-hybridized carbons (Fsp3) is 0.0312. The second-order valence-electron chi connectivity index (χ2n) is 8.50. The molecule has 0 radical (unpaired) electrons. The molecule has 0 atom stereocenters. The number of nitrogens with zero attached hydrogens (tertiary/aromatic N) is 2. The van der Waals surface area contributed by atoms with Gasteiger partial charge in [-0.2, -0.15) is 0 Å². The van der Waals surface area contributed by atoms with Gasteiger partial charge < -0.3 is 9.47 Å². The lowest BCUT2D eigenvalue weighted by molar-refractivity contribution is 0.0733. The number of benzene rings is 4. The zero-order valence-corrected chi connectivity index (χ0v) is 21.7. The number of rotatable bonds is 7. The van der Waals surface area contributed by atoms with E-state index < -0.39 is 5.97 Å². The first-order chi connectivity index (χ1) is 19.0. The molecular weight excluding hydrogens is 512 g/mol. The molecule has 1 amide bonds. The molecule has 192 valence electrons. The number of halogens is 1. The van der Waals surface area contributed by atoms with Crippen molar-refractivity contribution in [1.82, 2.24) is 4.98 Å². The highest BCUT2D eigenvalue weighted by atomic mass is 35.5. The van der Waals surface area contributed by atoms with E-state index >= 15 is 0 Å². The van der Waals surface area contributed by atoms with Crippen LogP contribution in [0.1, 0.15) is 20.7 Å². The second-order valence-corrected chi connectivity index (χ2v) is 8.94. The summed E-state index contributed by atoms with van der Waals surface area (Å²) < 4.78 is 11.2. The maximum atomic E-state index is 14.0. The first-order valence-corrected chi connectivity index (χ1v) is 12.5. The van der Waals surface area contributed by atoms with E-state index in [2.05, 4.69) is 4.98 Å². The molecule has 1 heterocycles. The SMILES string of the molecule is COc1ccc(N(C(=O)c2ccccc2)c2cc(-c3ccc(Cl)cc3)ncc2OC(=O)c2ccccc2)cc1. The highest BCUT2D eigenvalue weighted by Crippen LogP contribution is 2.38. The largest absolute Gasteiger partial charge is 0.497 e. The predicted octanol–water partition coefficient (Wildman–Crippen LogP) is 7.61. The van der Waals surface area contributed by atoms with Crippen molar-refractivity contribution in [2.24, 2.45) is 0 Å². The molecule has 7 heteroatoms. The fourth-order valence-electron chi connectivity index (χ4n) is 4.00. The van der Waals surface area contributed by atoms with Crippen LogP contribution in [0, 0.1) is 0 Å². The van der Waals surface area contributed by atoms with Crippen molar-refractivity contribution in [3.63, 3.8) is 0 Å². The Morgan fingerprint density at radius 1 is 0.769 bits per heavy atom. The van der Waals surface area contributed by atoms with Gasteiger partial charge in [-0.25, -0.2) is 4.79 Å². The normalized spacial score (nSPS) is 10.5. The molecule has 1 aromatic heterocycles. The van der Waals surface area contributed by atoms with E-state index in [1.165, 1.54) is 11.1 Å². The van der Waals surface area contributed by atoms with Crippen molar-refractivity contribution in [2.75, 3.05) is 12.0 Å². The van der Waals surface area contributed by atoms with E-state index in [0.29, 0.717) is 39.0 Å². The molecule has 39 heavy (non-hydrogen) atoms. The Labute approximate surface area is 231 Å². The standard InChI is InChI=1S/C32H23ClN2O4/c1-38-27-18-16-26(17-19-27)35(31(36)23-8-4-2-5-9-23)29-20-28(22-12-14-25(33)15-13-22)34-21-30(29)39-32(37)24-10-6-3-7-11-24/h2-21H,1H3. The topological polar surface area (TPSA) is 68.7 Å². The zero-order chi connectivity index (χ0) is 27.2. The molecule has 0 fully saturated rings. The number of aromatic nitrogens is 1. The van der Waals surface area contributed by atoms with Gasteiger partial charge in [0.15, 0.2) is 5.75 Å². The summed E-state index contributed by atoms with van der Waals surface area (Å²) in [6.45, 7) is 0. The van der Waals surface area contributed by atoms with Crippen LogP contribution in [0.2, 0.25) is 5.02 Å². The van der Waals surface area contributed by atoms with Crippen LogP contribution in [0.15, 0.2) is 121 Å². The average Bonchev–Trinajstić information content (AvgIpc) is 2.99. The minimum absolute atomic E-state index is 0.127. The van der Waals surface area contributed by atoms with E-state index in [1.54, 1.807) is 98.1 Å². The van der Waals surface area contributed by atoms with E-state index in [0.717, 1.165) is 5.56 Å². The Morgan fingerprint density at radius 2 is 1.38 bits per heavy atom. The van der Waals surface area contributed by atoms with Crippen LogP contribution in [0.5, 0.6) is 11.5 Å². The third kappa shape index (κ3) is 5.81. The summed E-state index contributed by atoms with van der Waals surface area (Å²) in [5, 5.41) is 0.589. The van der Waals surface area contributed by atoms with Crippen molar-refractivity contribution < 1.29 is 19.1 Å². The molecule has 5 rings (SSSR count). The summed E-state index contributed by atoms with van der Waals surface area (Å²) in [5.41, 5.74) is 3.08. The van der Waals surface area contributed by atoms with Gasteiger partial charge in [0.25, 0.3) is 5.91 Å². The predicted molar refractivity (Wildman–Crippen MR) is 152 cm³/mol. The van der Waals surface area contributed by atoms with Crippen molar-refractivity contribution >= 4 is 34.9 Å². The molecule has 0 unspecified atom stereocenters. The Bertz CT molecular complexity index is 1590. The minimum atomic E-state index is -0.570. The number of ether oxygens (including phenoxy) is 2. The fourth-order valence-corrected chi connectivity index (χ4v) is 4.13. The number of carbonyl (C=O) groups is 2. The van der Waals surface area contributed by atoms with Crippen LogP contribution in [-0.4, -0.2) is 24.0 Å². The van der Waals surface area contributed by atoms with Crippen molar-refractivity contribution in [3.8, 4) is 22.8 Å². The number of hydrogen-bond acceptors (Lipinski definition) is 5. The maximum absolute atomic E-state index is 14.0. The van der Waals surface area contributed by atoms with Crippen LogP contribution in [0.25, 0.3) is 11.3 Å². The lowest BCUT2D eigenvalue weighted by atomic mass is 10.1. The first kappa shape index (κ1) is 25.7. The van der Waals surface area contributed by atoms with Crippen LogP contribution in [-0.2, 0) is 0 Å². The van der Waals surface area contributed by atoms with Crippen LogP contribution >= 0.6 is 11.6 Å². The van der Waals surface area contributed by atoms with E-state index in [-0.39, 0.29) is 11.7 Å². The maximum Gasteiger partial charge on any atom is 0.343 e. The van der Waals surface area contributed by atoms with Gasteiger partial charge in [-0.05, 0) is 66.7 Å². The monoisotopic (exact) mass is 534 g/mol. The van der Waals surface area contributed by atoms with Crippen LogP contribution in [0.4, 0.5) is 11.4 Å². The molecule has 4 aromatic carbocycles. The summed E-state index contributed by atoms with van der Waals surface area (Å²) in [7, 11) is 1.57. The third-order valence-corrected chi connectivity index (χ3v) is 6.25. The Hall–Kier alpha value is -4.94. The molecule has 5 aromatic rings. The van der Waals surface area contributed by atoms with Gasteiger partial charge in [-0.15, -0.1) is 0 Å². The summed E-state index contributed by atoms with van der Waals surface area (Å²) in [4.78, 5) is 33.1. The molecule has 0 saturated heterocycles. The molecule has 0 aliphatic carbocycles. The average molecular weight is 535 g/mol. The molecule has 0 aliphatic rings. The third-order valence-electron chi connectivity index (χ3n) is 5.99. The van der Waals surface area contributed by atoms with Crippen molar-refractivity contribution in [1.29, 1.82) is 0 Å². The lowest BCUT2D eigenvalue weighted by Gasteiger charge is -2.25. The molecule has 0 bridgehead atoms. The van der Waals surface area contributed by atoms with E-state index in [9.17, 15) is 9.59 Å². The Balaban J connectivity index is 1.68. The molecule has 0 N–H and O–H groups in total. The highest BCUT2D eigenvalue weighted by molar-refractivity contribution is 6.30. The van der Waals surface area contributed by atoms with Gasteiger partial charge in [-0.1, -0.05) is 60.1 Å². The smallest absolute Gasteiger partial charge is 0.343 e. The number of hydrogen-bond donors (Lipinski definition) is 0. The summed E-state index contributed by atoms with van der Waals surface area (Å²) in [5.74, 6) is -0.120. The summed E-state index contributed by atoms with van der Waals surface area (Å²) >= 11 is 6.09. The number of methoxy groups -OCH3 is 1. The van der Waals surface area contributed by atoms with Gasteiger partial charge >= 0.3 is 5.97 Å². The van der Waals surface area contributed by atoms with Crippen LogP contribution in [0.3, 0.4) is 0 Å². The van der Waals surface area contributed by atoms with Gasteiger partial charge in [0.05, 0.1) is 30.3 Å².